The van der Waals surface area contributed by atoms with Gasteiger partial charge < -0.3 is 5.32 Å². The molecular formula is C18H24N2O. The van der Waals surface area contributed by atoms with E-state index < -0.39 is 0 Å². The molecule has 0 heterocycles. The fraction of sp³-hybridized carbons (Fsp3) is 0.556. The van der Waals surface area contributed by atoms with E-state index in [1.165, 1.54) is 0 Å². The first-order chi connectivity index (χ1) is 10.1. The number of carbonyl (C=O) groups excluding carboxylic acids is 1. The standard InChI is InChI=1S/C18H24N2O/c1-14(2)11-18(9-3-4-10-18)17(21)20-13-16-7-5-15(12-19)6-8-16/h5-8,14H,3-4,9-11,13H2,1-2H3,(H,20,21). The zero-order chi connectivity index (χ0) is 15.3. The third-order valence-electron chi connectivity index (χ3n) is 4.38. The number of hydrogen-bond donors (Lipinski definition) is 1. The Labute approximate surface area is 127 Å². The van der Waals surface area contributed by atoms with Crippen LogP contribution in [-0.2, 0) is 11.3 Å². The average molecular weight is 284 g/mol. The Morgan fingerprint density at radius 2 is 1.90 bits per heavy atom. The van der Waals surface area contributed by atoms with Gasteiger partial charge in [0.2, 0.25) is 5.91 Å². The molecule has 0 atom stereocenters. The van der Waals surface area contributed by atoms with Gasteiger partial charge in [-0.05, 0) is 42.9 Å². The second-order valence-electron chi connectivity index (χ2n) is 6.58. The number of carbonyl (C=O) groups is 1. The maximum absolute atomic E-state index is 12.6. The highest BCUT2D eigenvalue weighted by Gasteiger charge is 2.40. The molecule has 21 heavy (non-hydrogen) atoms. The minimum absolute atomic E-state index is 0.152. The Morgan fingerprint density at radius 1 is 1.29 bits per heavy atom. The van der Waals surface area contributed by atoms with Crippen LogP contribution in [0.15, 0.2) is 24.3 Å². The molecule has 1 fully saturated rings. The van der Waals surface area contributed by atoms with E-state index in [2.05, 4.69) is 25.2 Å². The number of nitrogens with zero attached hydrogens (tertiary/aromatic N) is 1. The van der Waals surface area contributed by atoms with E-state index in [1.54, 1.807) is 12.1 Å². The molecule has 1 N–H and O–H groups in total. The van der Waals surface area contributed by atoms with Gasteiger partial charge in [-0.1, -0.05) is 38.8 Å². The number of nitrogens with one attached hydrogen (secondary N) is 1. The van der Waals surface area contributed by atoms with E-state index in [9.17, 15) is 4.79 Å². The van der Waals surface area contributed by atoms with Crippen molar-refractivity contribution in [2.24, 2.45) is 11.3 Å². The molecule has 3 heteroatoms. The van der Waals surface area contributed by atoms with Crippen molar-refractivity contribution in [3.63, 3.8) is 0 Å². The Morgan fingerprint density at radius 3 is 2.43 bits per heavy atom. The van der Waals surface area contributed by atoms with E-state index in [1.807, 2.05) is 12.1 Å². The molecular weight excluding hydrogens is 260 g/mol. The lowest BCUT2D eigenvalue weighted by atomic mass is 9.77. The van der Waals surface area contributed by atoms with Crippen LogP contribution in [0.2, 0.25) is 0 Å². The zero-order valence-electron chi connectivity index (χ0n) is 13.0. The number of hydrogen-bond acceptors (Lipinski definition) is 2. The number of benzene rings is 1. The summed E-state index contributed by atoms with van der Waals surface area (Å²) in [5.74, 6) is 0.752. The number of nitriles is 1. The lowest BCUT2D eigenvalue weighted by molar-refractivity contribution is -0.132. The third-order valence-corrected chi connectivity index (χ3v) is 4.38. The van der Waals surface area contributed by atoms with Crippen LogP contribution in [0, 0.1) is 22.7 Å². The van der Waals surface area contributed by atoms with Crippen molar-refractivity contribution in [1.82, 2.24) is 5.32 Å². The Kier molecular flexibility index (Phi) is 5.01. The third kappa shape index (κ3) is 3.85. The van der Waals surface area contributed by atoms with Crippen molar-refractivity contribution in [2.45, 2.75) is 52.5 Å². The monoisotopic (exact) mass is 284 g/mol. The van der Waals surface area contributed by atoms with Gasteiger partial charge in [0, 0.05) is 12.0 Å². The molecule has 0 aliphatic heterocycles. The molecule has 1 amide bonds. The van der Waals surface area contributed by atoms with Crippen LogP contribution in [-0.4, -0.2) is 5.91 Å². The van der Waals surface area contributed by atoms with E-state index in [-0.39, 0.29) is 11.3 Å². The summed E-state index contributed by atoms with van der Waals surface area (Å²) in [7, 11) is 0. The quantitative estimate of drug-likeness (QED) is 0.894. The van der Waals surface area contributed by atoms with Gasteiger partial charge in [0.25, 0.3) is 0 Å². The van der Waals surface area contributed by atoms with Gasteiger partial charge >= 0.3 is 0 Å². The maximum Gasteiger partial charge on any atom is 0.226 e. The summed E-state index contributed by atoms with van der Waals surface area (Å²) in [6.07, 6.45) is 5.34. The first-order valence-corrected chi connectivity index (χ1v) is 7.83. The predicted molar refractivity (Wildman–Crippen MR) is 83.4 cm³/mol. The highest BCUT2D eigenvalue weighted by atomic mass is 16.2. The fourth-order valence-electron chi connectivity index (χ4n) is 3.42. The highest BCUT2D eigenvalue weighted by Crippen LogP contribution is 2.43. The topological polar surface area (TPSA) is 52.9 Å². The lowest BCUT2D eigenvalue weighted by Crippen LogP contribution is -2.39. The second kappa shape index (κ2) is 6.76. The van der Waals surface area contributed by atoms with Crippen LogP contribution in [0.1, 0.15) is 57.1 Å². The molecule has 3 nitrogen and oxygen atoms in total. The van der Waals surface area contributed by atoms with Crippen LogP contribution in [0.4, 0.5) is 0 Å². The summed E-state index contributed by atoms with van der Waals surface area (Å²) >= 11 is 0. The van der Waals surface area contributed by atoms with Crippen LogP contribution in [0.25, 0.3) is 0 Å². The van der Waals surface area contributed by atoms with Crippen molar-refractivity contribution >= 4 is 5.91 Å². The van der Waals surface area contributed by atoms with E-state index in [0.717, 1.165) is 37.7 Å². The van der Waals surface area contributed by atoms with Crippen molar-refractivity contribution in [2.75, 3.05) is 0 Å². The van der Waals surface area contributed by atoms with Crippen molar-refractivity contribution in [1.29, 1.82) is 5.26 Å². The average Bonchev–Trinajstić information content (AvgIpc) is 2.94. The maximum atomic E-state index is 12.6. The summed E-state index contributed by atoms with van der Waals surface area (Å²) in [5, 5.41) is 11.9. The molecule has 0 bridgehead atoms. The Balaban J connectivity index is 1.97. The normalized spacial score (nSPS) is 16.7. The predicted octanol–water partition coefficient (Wildman–Crippen LogP) is 3.78. The SMILES string of the molecule is CC(C)CC1(C(=O)NCc2ccc(C#N)cc2)CCCC1. The summed E-state index contributed by atoms with van der Waals surface area (Å²) in [6, 6.07) is 9.50. The zero-order valence-corrected chi connectivity index (χ0v) is 13.0. The second-order valence-corrected chi connectivity index (χ2v) is 6.58. The van der Waals surface area contributed by atoms with Gasteiger partial charge in [0.05, 0.1) is 11.6 Å². The molecule has 1 aliphatic carbocycles. The van der Waals surface area contributed by atoms with Gasteiger partial charge in [0.1, 0.15) is 0 Å². The molecule has 112 valence electrons. The number of rotatable bonds is 5. The summed E-state index contributed by atoms with van der Waals surface area (Å²) in [5.41, 5.74) is 1.54. The molecule has 0 spiro atoms. The molecule has 1 aromatic rings. The molecule has 0 unspecified atom stereocenters. The number of amides is 1. The van der Waals surface area contributed by atoms with Crippen molar-refractivity contribution in [3.05, 3.63) is 35.4 Å². The van der Waals surface area contributed by atoms with Gasteiger partial charge in [-0.25, -0.2) is 0 Å². The highest BCUT2D eigenvalue weighted by molar-refractivity contribution is 5.82. The van der Waals surface area contributed by atoms with Crippen molar-refractivity contribution in [3.8, 4) is 6.07 Å². The van der Waals surface area contributed by atoms with Gasteiger partial charge in [-0.15, -0.1) is 0 Å². The van der Waals surface area contributed by atoms with Crippen LogP contribution < -0.4 is 5.32 Å². The fourth-order valence-corrected chi connectivity index (χ4v) is 3.42. The molecule has 2 rings (SSSR count). The van der Waals surface area contributed by atoms with E-state index in [0.29, 0.717) is 18.0 Å². The van der Waals surface area contributed by atoms with Crippen LogP contribution in [0.3, 0.4) is 0 Å². The van der Waals surface area contributed by atoms with Crippen molar-refractivity contribution < 1.29 is 4.79 Å². The smallest absolute Gasteiger partial charge is 0.226 e. The minimum Gasteiger partial charge on any atom is -0.352 e. The molecule has 0 saturated heterocycles. The van der Waals surface area contributed by atoms with Gasteiger partial charge in [-0.3, -0.25) is 4.79 Å². The largest absolute Gasteiger partial charge is 0.352 e. The Bertz CT molecular complexity index is 519. The molecule has 0 radical (unpaired) electrons. The first-order valence-electron chi connectivity index (χ1n) is 7.83. The van der Waals surface area contributed by atoms with E-state index >= 15 is 0 Å². The summed E-state index contributed by atoms with van der Waals surface area (Å²) in [6.45, 7) is 4.92. The lowest BCUT2D eigenvalue weighted by Gasteiger charge is -2.29. The molecule has 0 aromatic heterocycles. The molecule has 1 saturated carbocycles. The molecule has 1 aliphatic rings. The minimum atomic E-state index is -0.152. The van der Waals surface area contributed by atoms with Gasteiger partial charge in [-0.2, -0.15) is 5.26 Å². The van der Waals surface area contributed by atoms with Crippen LogP contribution in [0.5, 0.6) is 0 Å². The first kappa shape index (κ1) is 15.6. The van der Waals surface area contributed by atoms with Crippen LogP contribution >= 0.6 is 0 Å². The molecule has 1 aromatic carbocycles. The van der Waals surface area contributed by atoms with E-state index in [4.69, 9.17) is 5.26 Å². The Hall–Kier alpha value is -1.82. The summed E-state index contributed by atoms with van der Waals surface area (Å²) in [4.78, 5) is 12.6. The summed E-state index contributed by atoms with van der Waals surface area (Å²) < 4.78 is 0. The van der Waals surface area contributed by atoms with Gasteiger partial charge in [0.15, 0.2) is 0 Å².